The predicted octanol–water partition coefficient (Wildman–Crippen LogP) is 4.56. The summed E-state index contributed by atoms with van der Waals surface area (Å²) < 4.78 is 38.2. The molecule has 216 valence electrons. The van der Waals surface area contributed by atoms with Crippen LogP contribution < -0.4 is 0 Å². The summed E-state index contributed by atoms with van der Waals surface area (Å²) in [5.41, 5.74) is 3.88. The Kier molecular flexibility index (Phi) is 8.55. The number of amides is 1. The van der Waals surface area contributed by atoms with Gasteiger partial charge in [0.15, 0.2) is 0 Å². The lowest BCUT2D eigenvalue weighted by Gasteiger charge is -2.28. The molecule has 0 spiro atoms. The summed E-state index contributed by atoms with van der Waals surface area (Å²) in [6.07, 6.45) is 2.39. The Morgan fingerprint density at radius 2 is 1.55 bits per heavy atom. The first-order valence-electron chi connectivity index (χ1n) is 13.5. The molecule has 0 saturated carbocycles. The number of fused-ring (bicyclic) bond motifs is 1. The Labute approximate surface area is 236 Å². The summed E-state index contributed by atoms with van der Waals surface area (Å²) in [4.78, 5) is 15.3. The van der Waals surface area contributed by atoms with Gasteiger partial charge in [0.2, 0.25) is 15.9 Å². The quantitative estimate of drug-likeness (QED) is 0.263. The minimum absolute atomic E-state index is 0.0240. The Morgan fingerprint density at radius 1 is 0.925 bits per heavy atom. The maximum absolute atomic E-state index is 13.9. The molecule has 4 rings (SSSR count). The van der Waals surface area contributed by atoms with Crippen molar-refractivity contribution in [3.63, 3.8) is 0 Å². The van der Waals surface area contributed by atoms with E-state index >= 15 is 0 Å². The van der Waals surface area contributed by atoms with Crippen molar-refractivity contribution < 1.29 is 17.6 Å². The third-order valence-corrected chi connectivity index (χ3v) is 8.79. The molecular formula is C29H40N6O4S. The SMILES string of the molecule is Cc1cc(CN(CCCN(Cc2cc(C)n(C)n2)S(=O)(=O)c2ccc3occc3c2)C(=O)CC(C)(C)C)nn1C. The lowest BCUT2D eigenvalue weighted by atomic mass is 9.91. The number of furan rings is 1. The van der Waals surface area contributed by atoms with E-state index in [1.165, 1.54) is 4.31 Å². The second-order valence-electron chi connectivity index (χ2n) is 11.7. The first kappa shape index (κ1) is 29.5. The molecule has 0 bridgehead atoms. The average molecular weight is 569 g/mol. The highest BCUT2D eigenvalue weighted by molar-refractivity contribution is 7.89. The maximum Gasteiger partial charge on any atom is 0.243 e. The molecule has 0 atom stereocenters. The summed E-state index contributed by atoms with van der Waals surface area (Å²) in [7, 11) is -0.143. The number of benzene rings is 1. The smallest absolute Gasteiger partial charge is 0.243 e. The first-order chi connectivity index (χ1) is 18.7. The Bertz CT molecular complexity index is 1550. The van der Waals surface area contributed by atoms with E-state index in [4.69, 9.17) is 4.42 Å². The zero-order valence-electron chi connectivity index (χ0n) is 24.5. The number of carbonyl (C=O) groups excluding carboxylic acids is 1. The molecule has 3 aromatic heterocycles. The molecule has 1 aromatic carbocycles. The summed E-state index contributed by atoms with van der Waals surface area (Å²) in [5, 5.41) is 9.76. The second-order valence-corrected chi connectivity index (χ2v) is 13.6. The zero-order valence-corrected chi connectivity index (χ0v) is 25.3. The van der Waals surface area contributed by atoms with E-state index in [0.717, 1.165) is 22.5 Å². The fraction of sp³-hybridized carbons (Fsp3) is 0.483. The lowest BCUT2D eigenvalue weighted by molar-refractivity contribution is -0.133. The number of sulfonamides is 1. The fourth-order valence-corrected chi connectivity index (χ4v) is 6.12. The molecule has 0 aliphatic heterocycles. The largest absolute Gasteiger partial charge is 0.464 e. The molecule has 1 amide bonds. The molecule has 3 heterocycles. The molecule has 0 saturated heterocycles. The highest BCUT2D eigenvalue weighted by Gasteiger charge is 2.27. The van der Waals surface area contributed by atoms with E-state index in [1.807, 2.05) is 60.8 Å². The minimum atomic E-state index is -3.86. The highest BCUT2D eigenvalue weighted by Crippen LogP contribution is 2.25. The van der Waals surface area contributed by atoms with Crippen LogP contribution in [-0.2, 0) is 42.0 Å². The molecule has 0 fully saturated rings. The Morgan fingerprint density at radius 3 is 2.12 bits per heavy atom. The van der Waals surface area contributed by atoms with Gasteiger partial charge in [0, 0.05) is 50.4 Å². The van der Waals surface area contributed by atoms with Crippen LogP contribution in [0.1, 0.15) is 56.4 Å². The van der Waals surface area contributed by atoms with E-state index in [9.17, 15) is 13.2 Å². The molecular weight excluding hydrogens is 528 g/mol. The molecule has 11 heteroatoms. The van der Waals surface area contributed by atoms with Crippen LogP contribution >= 0.6 is 0 Å². The number of aryl methyl sites for hydroxylation is 4. The molecule has 0 N–H and O–H groups in total. The van der Waals surface area contributed by atoms with Crippen molar-refractivity contribution in [3.8, 4) is 0 Å². The van der Waals surface area contributed by atoms with Crippen LogP contribution in [0.15, 0.2) is 52.0 Å². The molecule has 4 aromatic rings. The van der Waals surface area contributed by atoms with Crippen molar-refractivity contribution >= 4 is 26.9 Å². The highest BCUT2D eigenvalue weighted by atomic mass is 32.2. The van der Waals surface area contributed by atoms with Crippen molar-refractivity contribution in [1.82, 2.24) is 28.8 Å². The molecule has 0 unspecified atom stereocenters. The molecule has 0 aliphatic carbocycles. The van der Waals surface area contributed by atoms with Gasteiger partial charge < -0.3 is 9.32 Å². The summed E-state index contributed by atoms with van der Waals surface area (Å²) >= 11 is 0. The number of nitrogens with zero attached hydrogens (tertiary/aromatic N) is 6. The second kappa shape index (κ2) is 11.6. The van der Waals surface area contributed by atoms with Gasteiger partial charge in [-0.1, -0.05) is 20.8 Å². The minimum Gasteiger partial charge on any atom is -0.464 e. The molecule has 10 nitrogen and oxygen atoms in total. The topological polar surface area (TPSA) is 106 Å². The Balaban J connectivity index is 1.57. The van der Waals surface area contributed by atoms with Gasteiger partial charge in [-0.15, -0.1) is 0 Å². The number of hydrogen-bond acceptors (Lipinski definition) is 6. The number of carbonyl (C=O) groups is 1. The van der Waals surface area contributed by atoms with Crippen LogP contribution in [0.25, 0.3) is 11.0 Å². The lowest BCUT2D eigenvalue weighted by Crippen LogP contribution is -2.37. The van der Waals surface area contributed by atoms with Crippen molar-refractivity contribution in [2.24, 2.45) is 19.5 Å². The van der Waals surface area contributed by atoms with Crippen LogP contribution in [-0.4, -0.2) is 56.2 Å². The average Bonchev–Trinajstić information content (AvgIpc) is 3.54. The maximum atomic E-state index is 13.9. The van der Waals surface area contributed by atoms with Crippen molar-refractivity contribution in [2.45, 2.75) is 65.4 Å². The zero-order chi connectivity index (χ0) is 29.2. The van der Waals surface area contributed by atoms with Crippen molar-refractivity contribution in [3.05, 3.63) is 65.4 Å². The third-order valence-electron chi connectivity index (χ3n) is 6.95. The van der Waals surface area contributed by atoms with Gasteiger partial charge in [-0.05, 0) is 62.1 Å². The first-order valence-corrected chi connectivity index (χ1v) is 14.9. The summed E-state index contributed by atoms with van der Waals surface area (Å²) in [6, 6.07) is 10.5. The van der Waals surface area contributed by atoms with E-state index in [-0.39, 0.29) is 29.3 Å². The number of hydrogen-bond donors (Lipinski definition) is 0. The van der Waals surface area contributed by atoms with Crippen molar-refractivity contribution in [2.75, 3.05) is 13.1 Å². The molecule has 0 radical (unpaired) electrons. The van der Waals surface area contributed by atoms with Crippen molar-refractivity contribution in [1.29, 1.82) is 0 Å². The van der Waals surface area contributed by atoms with Crippen LogP contribution in [0.2, 0.25) is 0 Å². The molecule has 40 heavy (non-hydrogen) atoms. The van der Waals surface area contributed by atoms with Gasteiger partial charge in [0.05, 0.1) is 35.6 Å². The van der Waals surface area contributed by atoms with Gasteiger partial charge in [0.25, 0.3) is 0 Å². The van der Waals surface area contributed by atoms with Gasteiger partial charge in [-0.2, -0.15) is 14.5 Å². The normalized spacial score (nSPS) is 12.5. The predicted molar refractivity (Wildman–Crippen MR) is 154 cm³/mol. The van der Waals surface area contributed by atoms with E-state index < -0.39 is 10.0 Å². The van der Waals surface area contributed by atoms with Crippen LogP contribution in [0.4, 0.5) is 0 Å². The fourth-order valence-electron chi connectivity index (χ4n) is 4.63. The van der Waals surface area contributed by atoms with E-state index in [2.05, 4.69) is 10.2 Å². The Hall–Kier alpha value is -3.44. The van der Waals surface area contributed by atoms with Gasteiger partial charge in [-0.3, -0.25) is 14.2 Å². The number of rotatable bonds is 11. The monoisotopic (exact) mass is 568 g/mol. The van der Waals surface area contributed by atoms with Gasteiger partial charge >= 0.3 is 0 Å². The van der Waals surface area contributed by atoms with E-state index in [0.29, 0.717) is 37.2 Å². The summed E-state index contributed by atoms with van der Waals surface area (Å²) in [5.74, 6) is 0.0240. The van der Waals surface area contributed by atoms with Crippen LogP contribution in [0, 0.1) is 19.3 Å². The van der Waals surface area contributed by atoms with Gasteiger partial charge in [0.1, 0.15) is 5.58 Å². The third kappa shape index (κ3) is 7.00. The summed E-state index contributed by atoms with van der Waals surface area (Å²) in [6.45, 7) is 11.1. The van der Waals surface area contributed by atoms with E-state index in [1.54, 1.807) is 44.8 Å². The molecule has 0 aliphatic rings. The van der Waals surface area contributed by atoms with Crippen LogP contribution in [0.3, 0.4) is 0 Å². The van der Waals surface area contributed by atoms with Gasteiger partial charge in [-0.25, -0.2) is 8.42 Å². The number of aromatic nitrogens is 4. The standard InChI is InChI=1S/C29H40N6O4S/c1-21-15-24(30-32(21)6)19-34(28(36)18-29(3,4)5)12-8-13-35(20-25-16-22(2)33(7)31-25)40(37,38)26-9-10-27-23(17-26)11-14-39-27/h9-11,14-17H,8,12-13,18-20H2,1-7H3. The van der Waals surface area contributed by atoms with Crippen LogP contribution in [0.5, 0.6) is 0 Å².